The molecule has 1 saturated carbocycles. The van der Waals surface area contributed by atoms with Gasteiger partial charge < -0.3 is 10.6 Å². The van der Waals surface area contributed by atoms with E-state index in [0.717, 1.165) is 37.8 Å². The van der Waals surface area contributed by atoms with Crippen molar-refractivity contribution in [3.8, 4) is 0 Å². The Hall–Kier alpha value is -2.02. The first-order valence-corrected chi connectivity index (χ1v) is 7.74. The third-order valence-electron chi connectivity index (χ3n) is 3.94. The van der Waals surface area contributed by atoms with Crippen LogP contribution in [0.4, 0.5) is 13.6 Å². The Labute approximate surface area is 133 Å². The lowest BCUT2D eigenvalue weighted by Gasteiger charge is -2.16. The summed E-state index contributed by atoms with van der Waals surface area (Å²) in [4.78, 5) is 23.4. The van der Waals surface area contributed by atoms with Crippen LogP contribution >= 0.6 is 0 Å². The highest BCUT2D eigenvalue weighted by atomic mass is 19.1. The molecule has 1 fully saturated rings. The quantitative estimate of drug-likeness (QED) is 0.778. The van der Waals surface area contributed by atoms with Crippen molar-refractivity contribution in [1.29, 1.82) is 0 Å². The molecule has 1 aromatic carbocycles. The third-order valence-corrected chi connectivity index (χ3v) is 3.94. The van der Waals surface area contributed by atoms with Gasteiger partial charge in [-0.15, -0.1) is 0 Å². The molecule has 1 aromatic rings. The lowest BCUT2D eigenvalue weighted by molar-refractivity contribution is -0.119. The lowest BCUT2D eigenvalue weighted by atomic mass is 10.1. The number of carbonyl (C=O) groups is 2. The summed E-state index contributed by atoms with van der Waals surface area (Å²) in [6.07, 6.45) is 4.03. The number of urea groups is 1. The molecule has 0 spiro atoms. The van der Waals surface area contributed by atoms with Crippen LogP contribution in [0.15, 0.2) is 18.2 Å². The summed E-state index contributed by atoms with van der Waals surface area (Å²) in [7, 11) is 0. The number of imide groups is 1. The van der Waals surface area contributed by atoms with Crippen LogP contribution in [0.25, 0.3) is 0 Å². The van der Waals surface area contributed by atoms with Crippen LogP contribution in [-0.4, -0.2) is 24.5 Å². The zero-order valence-electron chi connectivity index (χ0n) is 13.0. The molecular weight excluding hydrogens is 304 g/mol. The van der Waals surface area contributed by atoms with E-state index in [1.54, 1.807) is 6.92 Å². The third kappa shape index (κ3) is 5.28. The van der Waals surface area contributed by atoms with E-state index in [-0.39, 0.29) is 18.2 Å². The van der Waals surface area contributed by atoms with Gasteiger partial charge in [0.25, 0.3) is 0 Å². The number of carbonyl (C=O) groups excluding carboxylic acids is 2. The summed E-state index contributed by atoms with van der Waals surface area (Å²) in [6, 6.07) is 2.41. The van der Waals surface area contributed by atoms with Crippen LogP contribution in [0.3, 0.4) is 0 Å². The molecule has 1 aliphatic rings. The highest BCUT2D eigenvalue weighted by Gasteiger charge is 2.18. The molecule has 7 heteroatoms. The van der Waals surface area contributed by atoms with Crippen molar-refractivity contribution < 1.29 is 18.4 Å². The molecule has 0 unspecified atom stereocenters. The minimum absolute atomic E-state index is 0.128. The van der Waals surface area contributed by atoms with Gasteiger partial charge in [0.15, 0.2) is 0 Å². The second kappa shape index (κ2) is 8.01. The van der Waals surface area contributed by atoms with Crippen LogP contribution in [0.1, 0.15) is 44.2 Å². The zero-order valence-corrected chi connectivity index (χ0v) is 13.0. The van der Waals surface area contributed by atoms with Crippen molar-refractivity contribution in [2.45, 2.75) is 44.7 Å². The maximum atomic E-state index is 13.6. The molecule has 0 aromatic heterocycles. The van der Waals surface area contributed by atoms with Crippen LogP contribution in [0.2, 0.25) is 0 Å². The van der Waals surface area contributed by atoms with Gasteiger partial charge in [-0.2, -0.15) is 0 Å². The van der Waals surface area contributed by atoms with Crippen molar-refractivity contribution in [2.75, 3.05) is 6.54 Å². The molecule has 23 heavy (non-hydrogen) atoms. The SMILES string of the molecule is C[C@H](NCC(=O)NC(=O)NC1CCCC1)c1ccc(F)cc1F. The minimum atomic E-state index is -0.676. The molecule has 0 saturated heterocycles. The first-order chi connectivity index (χ1) is 11.0. The summed E-state index contributed by atoms with van der Waals surface area (Å²) >= 11 is 0. The Balaban J connectivity index is 1.75. The van der Waals surface area contributed by atoms with E-state index in [9.17, 15) is 18.4 Å². The Kier molecular flexibility index (Phi) is 6.04. The van der Waals surface area contributed by atoms with E-state index in [0.29, 0.717) is 0 Å². The molecule has 1 atom stereocenters. The number of hydrogen-bond acceptors (Lipinski definition) is 3. The molecule has 0 heterocycles. The molecule has 1 aliphatic carbocycles. The number of rotatable bonds is 5. The Morgan fingerprint density at radius 1 is 1.26 bits per heavy atom. The number of hydrogen-bond donors (Lipinski definition) is 3. The second-order valence-corrected chi connectivity index (χ2v) is 5.77. The molecular formula is C16H21F2N3O2. The monoisotopic (exact) mass is 325 g/mol. The maximum Gasteiger partial charge on any atom is 0.321 e. The molecule has 0 aliphatic heterocycles. The number of nitrogens with one attached hydrogen (secondary N) is 3. The van der Waals surface area contributed by atoms with E-state index in [1.807, 2.05) is 0 Å². The van der Waals surface area contributed by atoms with E-state index in [4.69, 9.17) is 0 Å². The fourth-order valence-corrected chi connectivity index (χ4v) is 2.67. The average molecular weight is 325 g/mol. The van der Waals surface area contributed by atoms with Gasteiger partial charge in [-0.25, -0.2) is 13.6 Å². The van der Waals surface area contributed by atoms with Gasteiger partial charge in [-0.1, -0.05) is 18.9 Å². The molecule has 2 rings (SSSR count). The lowest BCUT2D eigenvalue weighted by Crippen LogP contribution is -2.46. The first kappa shape index (κ1) is 17.3. The summed E-state index contributed by atoms with van der Waals surface area (Å²) in [6.45, 7) is 1.51. The Bertz CT molecular complexity index is 574. The summed E-state index contributed by atoms with van der Waals surface area (Å²) in [5.41, 5.74) is 0.259. The zero-order chi connectivity index (χ0) is 16.8. The second-order valence-electron chi connectivity index (χ2n) is 5.77. The van der Waals surface area contributed by atoms with Gasteiger partial charge in [0, 0.05) is 23.7 Å². The fraction of sp³-hybridized carbons (Fsp3) is 0.500. The van der Waals surface area contributed by atoms with Gasteiger partial charge >= 0.3 is 6.03 Å². The summed E-state index contributed by atoms with van der Waals surface area (Å²) < 4.78 is 26.5. The van der Waals surface area contributed by atoms with Crippen molar-refractivity contribution in [3.63, 3.8) is 0 Å². The fourth-order valence-electron chi connectivity index (χ4n) is 2.67. The average Bonchev–Trinajstić information content (AvgIpc) is 2.97. The van der Waals surface area contributed by atoms with Crippen LogP contribution < -0.4 is 16.0 Å². The topological polar surface area (TPSA) is 70.2 Å². The van der Waals surface area contributed by atoms with Crippen LogP contribution in [0.5, 0.6) is 0 Å². The number of amides is 3. The number of halogens is 2. The van der Waals surface area contributed by atoms with E-state index >= 15 is 0 Å². The molecule has 3 N–H and O–H groups in total. The Morgan fingerprint density at radius 3 is 2.61 bits per heavy atom. The van der Waals surface area contributed by atoms with Gasteiger partial charge in [0.05, 0.1) is 6.54 Å². The predicted octanol–water partition coefficient (Wildman–Crippen LogP) is 2.38. The summed E-state index contributed by atoms with van der Waals surface area (Å²) in [5.74, 6) is -1.83. The van der Waals surface area contributed by atoms with Crippen molar-refractivity contribution in [3.05, 3.63) is 35.4 Å². The van der Waals surface area contributed by atoms with Crippen LogP contribution in [-0.2, 0) is 4.79 Å². The molecule has 0 bridgehead atoms. The number of benzene rings is 1. The predicted molar refractivity (Wildman–Crippen MR) is 81.7 cm³/mol. The smallest absolute Gasteiger partial charge is 0.321 e. The first-order valence-electron chi connectivity index (χ1n) is 7.74. The highest BCUT2D eigenvalue weighted by Crippen LogP contribution is 2.18. The molecule has 5 nitrogen and oxygen atoms in total. The standard InChI is InChI=1S/C16H21F2N3O2/c1-10(13-7-6-11(17)8-14(13)18)19-9-15(22)21-16(23)20-12-4-2-3-5-12/h6-8,10,12,19H,2-5,9H2,1H3,(H2,20,21,22,23)/t10-/m0/s1. The van der Waals surface area contributed by atoms with E-state index in [2.05, 4.69) is 16.0 Å². The van der Waals surface area contributed by atoms with Crippen molar-refractivity contribution in [2.24, 2.45) is 0 Å². The summed E-state index contributed by atoms with van der Waals surface area (Å²) in [5, 5.41) is 7.78. The molecule has 126 valence electrons. The largest absolute Gasteiger partial charge is 0.335 e. The van der Waals surface area contributed by atoms with Gasteiger partial charge in [0.2, 0.25) is 5.91 Å². The van der Waals surface area contributed by atoms with E-state index in [1.165, 1.54) is 6.07 Å². The molecule has 0 radical (unpaired) electrons. The minimum Gasteiger partial charge on any atom is -0.335 e. The normalized spacial score (nSPS) is 16.1. The maximum absolute atomic E-state index is 13.6. The van der Waals surface area contributed by atoms with Crippen molar-refractivity contribution >= 4 is 11.9 Å². The van der Waals surface area contributed by atoms with Crippen molar-refractivity contribution in [1.82, 2.24) is 16.0 Å². The van der Waals surface area contributed by atoms with Crippen LogP contribution in [0, 0.1) is 11.6 Å². The van der Waals surface area contributed by atoms with Gasteiger partial charge in [-0.05, 0) is 25.8 Å². The van der Waals surface area contributed by atoms with E-state index < -0.39 is 29.6 Å². The van der Waals surface area contributed by atoms with Gasteiger partial charge in [0.1, 0.15) is 11.6 Å². The highest BCUT2D eigenvalue weighted by molar-refractivity contribution is 5.95. The van der Waals surface area contributed by atoms with Gasteiger partial charge in [-0.3, -0.25) is 10.1 Å². The Morgan fingerprint density at radius 2 is 1.96 bits per heavy atom. The molecule has 3 amide bonds.